The maximum absolute atomic E-state index is 12.5. The Morgan fingerprint density at radius 1 is 1.62 bits per heavy atom. The average Bonchev–Trinajstić information content (AvgIpc) is 2.14. The van der Waals surface area contributed by atoms with Gasteiger partial charge in [-0.2, -0.15) is 0 Å². The molecule has 0 amide bonds. The van der Waals surface area contributed by atoms with Crippen LogP contribution in [0.3, 0.4) is 0 Å². The monoisotopic (exact) mass is 231 g/mol. The van der Waals surface area contributed by atoms with Crippen molar-refractivity contribution < 1.29 is 23.4 Å². The lowest BCUT2D eigenvalue weighted by Crippen LogP contribution is -2.21. The van der Waals surface area contributed by atoms with Crippen molar-refractivity contribution >= 4 is 5.97 Å². The van der Waals surface area contributed by atoms with E-state index in [-0.39, 0.29) is 11.4 Å². The third-order valence-corrected chi connectivity index (χ3v) is 1.74. The summed E-state index contributed by atoms with van der Waals surface area (Å²) < 4.78 is 29.8. The molecule has 6 heteroatoms. The van der Waals surface area contributed by atoms with Crippen molar-refractivity contribution in [1.29, 1.82) is 0 Å². The Balaban J connectivity index is 2.80. The lowest BCUT2D eigenvalue weighted by atomic mass is 10.2. The summed E-state index contributed by atoms with van der Waals surface area (Å²) in [5.74, 6) is -4.05. The first-order valence-electron chi connectivity index (χ1n) is 4.50. The highest BCUT2D eigenvalue weighted by Crippen LogP contribution is 2.19. The number of alkyl halides is 2. The number of carbonyl (C=O) groups is 1. The van der Waals surface area contributed by atoms with Gasteiger partial charge in [-0.3, -0.25) is 0 Å². The highest BCUT2D eigenvalue weighted by Gasteiger charge is 2.22. The van der Waals surface area contributed by atoms with Gasteiger partial charge in [-0.25, -0.2) is 18.6 Å². The normalized spacial score (nSPS) is 11.2. The molecule has 1 N–H and O–H groups in total. The molecule has 0 aromatic carbocycles. The number of hydrogen-bond acceptors (Lipinski definition) is 3. The minimum Gasteiger partial charge on any atom is -0.478 e. The van der Waals surface area contributed by atoms with Gasteiger partial charge in [0.1, 0.15) is 0 Å². The third-order valence-electron chi connectivity index (χ3n) is 1.74. The van der Waals surface area contributed by atoms with Gasteiger partial charge in [0.25, 0.3) is 5.92 Å². The van der Waals surface area contributed by atoms with Crippen LogP contribution in [0.15, 0.2) is 12.3 Å². The van der Waals surface area contributed by atoms with E-state index < -0.39 is 18.5 Å². The maximum atomic E-state index is 12.5. The Labute approximate surface area is 90.9 Å². The number of carboxylic acids is 1. The van der Waals surface area contributed by atoms with E-state index in [1.54, 1.807) is 6.92 Å². The van der Waals surface area contributed by atoms with Gasteiger partial charge in [-0.1, -0.05) is 0 Å². The van der Waals surface area contributed by atoms with Gasteiger partial charge < -0.3 is 9.84 Å². The van der Waals surface area contributed by atoms with Crippen molar-refractivity contribution in [2.45, 2.75) is 19.8 Å². The van der Waals surface area contributed by atoms with Crippen LogP contribution in [0.4, 0.5) is 8.78 Å². The van der Waals surface area contributed by atoms with Crippen molar-refractivity contribution in [2.75, 3.05) is 6.61 Å². The summed E-state index contributed by atoms with van der Waals surface area (Å²) in [4.78, 5) is 14.2. The number of nitrogens with zero attached hydrogens (tertiary/aromatic N) is 1. The zero-order chi connectivity index (χ0) is 12.3. The number of pyridine rings is 1. The number of aromatic carboxylic acids is 1. The van der Waals surface area contributed by atoms with Gasteiger partial charge >= 0.3 is 5.97 Å². The largest absolute Gasteiger partial charge is 0.478 e. The van der Waals surface area contributed by atoms with Crippen LogP contribution in [0.25, 0.3) is 0 Å². The van der Waals surface area contributed by atoms with E-state index in [1.165, 1.54) is 6.07 Å². The van der Waals surface area contributed by atoms with Gasteiger partial charge in [0, 0.05) is 18.7 Å². The fourth-order valence-corrected chi connectivity index (χ4v) is 1.03. The number of hydrogen-bond donors (Lipinski definition) is 1. The van der Waals surface area contributed by atoms with Gasteiger partial charge in [0.15, 0.2) is 6.61 Å². The Kier molecular flexibility index (Phi) is 3.41. The van der Waals surface area contributed by atoms with Crippen molar-refractivity contribution in [2.24, 2.45) is 0 Å². The van der Waals surface area contributed by atoms with Crippen LogP contribution >= 0.6 is 0 Å². The number of aromatic nitrogens is 1. The number of rotatable bonds is 4. The molecule has 1 aromatic rings. The average molecular weight is 231 g/mol. The van der Waals surface area contributed by atoms with Crippen LogP contribution in [0.2, 0.25) is 0 Å². The highest BCUT2D eigenvalue weighted by atomic mass is 19.3. The number of halogens is 2. The summed E-state index contributed by atoms with van der Waals surface area (Å²) in [6.45, 7) is 1.49. The van der Waals surface area contributed by atoms with Crippen molar-refractivity contribution in [3.05, 3.63) is 23.4 Å². The van der Waals surface area contributed by atoms with Crippen LogP contribution in [0, 0.1) is 6.92 Å². The summed E-state index contributed by atoms with van der Waals surface area (Å²) in [6.07, 6.45) is 1.07. The molecule has 88 valence electrons. The predicted octanol–water partition coefficient (Wildman–Crippen LogP) is 2.12. The predicted molar refractivity (Wildman–Crippen MR) is 52.0 cm³/mol. The van der Waals surface area contributed by atoms with E-state index in [9.17, 15) is 13.6 Å². The van der Waals surface area contributed by atoms with Gasteiger partial charge in [-0.15, -0.1) is 0 Å². The van der Waals surface area contributed by atoms with Crippen LogP contribution in [0.5, 0.6) is 5.88 Å². The highest BCUT2D eigenvalue weighted by molar-refractivity contribution is 5.87. The molecule has 0 saturated heterocycles. The molecule has 16 heavy (non-hydrogen) atoms. The first kappa shape index (κ1) is 12.4. The Morgan fingerprint density at radius 2 is 2.25 bits per heavy atom. The number of aryl methyl sites for hydroxylation is 1. The zero-order valence-corrected chi connectivity index (χ0v) is 8.83. The van der Waals surface area contributed by atoms with Gasteiger partial charge in [0.05, 0.1) is 5.56 Å². The molecule has 0 saturated carbocycles. The first-order chi connectivity index (χ1) is 7.29. The van der Waals surface area contributed by atoms with Crippen LogP contribution in [-0.4, -0.2) is 28.6 Å². The Bertz CT molecular complexity index is 402. The fourth-order valence-electron chi connectivity index (χ4n) is 1.03. The summed E-state index contributed by atoms with van der Waals surface area (Å²) in [5, 5.41) is 8.66. The summed E-state index contributed by atoms with van der Waals surface area (Å²) >= 11 is 0. The molecular weight excluding hydrogens is 220 g/mol. The zero-order valence-electron chi connectivity index (χ0n) is 8.83. The third kappa shape index (κ3) is 3.45. The lowest BCUT2D eigenvalue weighted by molar-refractivity contribution is -0.0244. The van der Waals surface area contributed by atoms with E-state index in [0.717, 1.165) is 13.1 Å². The molecule has 1 heterocycles. The second-order valence-electron chi connectivity index (χ2n) is 3.51. The number of ether oxygens (including phenoxy) is 1. The van der Waals surface area contributed by atoms with Crippen LogP contribution < -0.4 is 4.74 Å². The first-order valence-corrected chi connectivity index (χ1v) is 4.50. The fraction of sp³-hybridized carbons (Fsp3) is 0.400. The minimum atomic E-state index is -2.94. The standard InChI is InChI=1S/C10H11F2NO3/c1-6-3-7(9(14)15)4-13-8(6)16-5-10(2,11)12/h3-4H,5H2,1-2H3,(H,14,15). The van der Waals surface area contributed by atoms with E-state index in [4.69, 9.17) is 9.84 Å². The summed E-state index contributed by atoms with van der Waals surface area (Å²) in [6, 6.07) is 1.32. The van der Waals surface area contributed by atoms with E-state index in [2.05, 4.69) is 4.98 Å². The molecule has 0 spiro atoms. The van der Waals surface area contributed by atoms with Crippen molar-refractivity contribution in [3.63, 3.8) is 0 Å². The van der Waals surface area contributed by atoms with E-state index in [0.29, 0.717) is 5.56 Å². The van der Waals surface area contributed by atoms with E-state index in [1.807, 2.05) is 0 Å². The summed E-state index contributed by atoms with van der Waals surface area (Å²) in [7, 11) is 0. The molecule has 0 bridgehead atoms. The van der Waals surface area contributed by atoms with Crippen molar-refractivity contribution in [1.82, 2.24) is 4.98 Å². The van der Waals surface area contributed by atoms with Crippen LogP contribution in [0.1, 0.15) is 22.8 Å². The van der Waals surface area contributed by atoms with Crippen molar-refractivity contribution in [3.8, 4) is 5.88 Å². The lowest BCUT2D eigenvalue weighted by Gasteiger charge is -2.12. The van der Waals surface area contributed by atoms with Crippen LogP contribution in [-0.2, 0) is 0 Å². The number of carboxylic acid groups (broad SMARTS) is 1. The second-order valence-corrected chi connectivity index (χ2v) is 3.51. The minimum absolute atomic E-state index is 0.00638. The Morgan fingerprint density at radius 3 is 2.69 bits per heavy atom. The molecule has 0 aliphatic rings. The van der Waals surface area contributed by atoms with Gasteiger partial charge in [-0.05, 0) is 13.0 Å². The van der Waals surface area contributed by atoms with Gasteiger partial charge in [0.2, 0.25) is 5.88 Å². The molecule has 0 fully saturated rings. The maximum Gasteiger partial charge on any atom is 0.337 e. The molecule has 0 unspecified atom stereocenters. The molecule has 0 aliphatic carbocycles. The summed E-state index contributed by atoms with van der Waals surface area (Å²) in [5.41, 5.74) is 0.400. The SMILES string of the molecule is Cc1cc(C(=O)O)cnc1OCC(C)(F)F. The second kappa shape index (κ2) is 4.42. The molecule has 1 rings (SSSR count). The molecule has 1 aromatic heterocycles. The molecule has 4 nitrogen and oxygen atoms in total. The quantitative estimate of drug-likeness (QED) is 0.862. The molecule has 0 atom stereocenters. The topological polar surface area (TPSA) is 59.4 Å². The van der Waals surface area contributed by atoms with E-state index >= 15 is 0 Å². The smallest absolute Gasteiger partial charge is 0.337 e. The molecule has 0 radical (unpaired) electrons. The Hall–Kier alpha value is -1.72. The molecular formula is C10H11F2NO3. The molecule has 0 aliphatic heterocycles.